The molecule has 15 nitrogen and oxygen atoms in total. The van der Waals surface area contributed by atoms with Crippen molar-refractivity contribution in [2.75, 3.05) is 159 Å². The summed E-state index contributed by atoms with van der Waals surface area (Å²) < 4.78 is 70.6. The second-order valence-electron chi connectivity index (χ2n) is 13.6. The van der Waals surface area contributed by atoms with Crippen molar-refractivity contribution in [1.29, 1.82) is 0 Å². The van der Waals surface area contributed by atoms with Gasteiger partial charge in [-0.15, -0.1) is 0 Å². The molecule has 0 aliphatic rings. The molecule has 0 fully saturated rings. The van der Waals surface area contributed by atoms with Crippen LogP contribution in [0.15, 0.2) is 0 Å². The first-order valence-electron chi connectivity index (χ1n) is 22.4. The number of hydrogen-bond donors (Lipinski definition) is 0. The Morgan fingerprint density at radius 2 is 0.414 bits per heavy atom. The lowest BCUT2D eigenvalue weighted by Gasteiger charge is -2.09. The number of esters is 2. The van der Waals surface area contributed by atoms with Crippen molar-refractivity contribution in [2.45, 2.75) is 110 Å². The summed E-state index contributed by atoms with van der Waals surface area (Å²) in [4.78, 5) is 23.4. The van der Waals surface area contributed by atoms with E-state index in [0.717, 1.165) is 38.5 Å². The Kier molecular flexibility index (Phi) is 50.3. The largest absolute Gasteiger partial charge is 0.463 e. The Labute approximate surface area is 351 Å². The van der Waals surface area contributed by atoms with E-state index in [4.69, 9.17) is 61.6 Å². The number of carbonyl (C=O) groups excluding carboxylic acids is 2. The predicted molar refractivity (Wildman–Crippen MR) is 222 cm³/mol. The van der Waals surface area contributed by atoms with Gasteiger partial charge in [0, 0.05) is 12.8 Å². The third kappa shape index (κ3) is 50.6. The van der Waals surface area contributed by atoms with Crippen LogP contribution in [-0.2, 0) is 71.2 Å². The van der Waals surface area contributed by atoms with Crippen LogP contribution in [0.4, 0.5) is 0 Å². The van der Waals surface area contributed by atoms with Crippen LogP contribution >= 0.6 is 0 Å². The van der Waals surface area contributed by atoms with E-state index >= 15 is 0 Å². The van der Waals surface area contributed by atoms with Gasteiger partial charge in [0.05, 0.1) is 145 Å². The van der Waals surface area contributed by atoms with Crippen molar-refractivity contribution in [3.05, 3.63) is 0 Å². The van der Waals surface area contributed by atoms with Crippen LogP contribution in [-0.4, -0.2) is 171 Å². The van der Waals surface area contributed by atoms with Crippen molar-refractivity contribution in [1.82, 2.24) is 0 Å². The van der Waals surface area contributed by atoms with Crippen LogP contribution in [0.25, 0.3) is 0 Å². The first-order chi connectivity index (χ1) is 28.7. The smallest absolute Gasteiger partial charge is 0.305 e. The third-order valence-electron chi connectivity index (χ3n) is 8.42. The SMILES string of the molecule is CCCCCCCCCCCC(=O)OCCOCCOCCOCCOCCOCCOCCOCCOCCOCCOCCOCCOC(=O)CCCCCC. The van der Waals surface area contributed by atoms with Crippen LogP contribution < -0.4 is 0 Å². The maximum absolute atomic E-state index is 11.8. The predicted octanol–water partition coefficient (Wildman–Crippen LogP) is 6.15. The average molecular weight is 841 g/mol. The van der Waals surface area contributed by atoms with Gasteiger partial charge in [-0.25, -0.2) is 0 Å². The first kappa shape index (κ1) is 56.5. The van der Waals surface area contributed by atoms with Gasteiger partial charge in [-0.05, 0) is 12.8 Å². The van der Waals surface area contributed by atoms with Gasteiger partial charge in [0.2, 0.25) is 0 Å². The molecule has 0 amide bonds. The van der Waals surface area contributed by atoms with E-state index in [1.807, 2.05) is 0 Å². The van der Waals surface area contributed by atoms with E-state index in [9.17, 15) is 9.59 Å². The normalized spacial score (nSPS) is 11.4. The summed E-state index contributed by atoms with van der Waals surface area (Å²) in [5.74, 6) is -0.295. The van der Waals surface area contributed by atoms with E-state index in [-0.39, 0.29) is 25.2 Å². The van der Waals surface area contributed by atoms with Gasteiger partial charge >= 0.3 is 11.9 Å². The number of carbonyl (C=O) groups is 2. The quantitative estimate of drug-likeness (QED) is 0.0508. The van der Waals surface area contributed by atoms with Gasteiger partial charge < -0.3 is 61.6 Å². The van der Waals surface area contributed by atoms with Gasteiger partial charge in [-0.2, -0.15) is 0 Å². The average Bonchev–Trinajstić information content (AvgIpc) is 3.23. The molecule has 0 saturated heterocycles. The Morgan fingerprint density at radius 3 is 0.638 bits per heavy atom. The van der Waals surface area contributed by atoms with E-state index in [2.05, 4.69) is 13.8 Å². The second kappa shape index (κ2) is 51.6. The maximum atomic E-state index is 11.8. The van der Waals surface area contributed by atoms with Crippen molar-refractivity contribution in [3.8, 4) is 0 Å². The molecule has 0 N–H and O–H groups in total. The molecular weight excluding hydrogens is 756 g/mol. The molecule has 0 radical (unpaired) electrons. The zero-order valence-corrected chi connectivity index (χ0v) is 36.7. The fourth-order valence-corrected chi connectivity index (χ4v) is 5.15. The lowest BCUT2D eigenvalue weighted by atomic mass is 10.1. The fourth-order valence-electron chi connectivity index (χ4n) is 5.15. The summed E-state index contributed by atoms with van der Waals surface area (Å²) in [6.45, 7) is 15.3. The van der Waals surface area contributed by atoms with Gasteiger partial charge in [0.15, 0.2) is 0 Å². The summed E-state index contributed by atoms with van der Waals surface area (Å²) in [5, 5.41) is 0. The molecule has 0 rings (SSSR count). The number of rotatable bonds is 51. The van der Waals surface area contributed by atoms with Gasteiger partial charge in [0.1, 0.15) is 13.2 Å². The van der Waals surface area contributed by atoms with Crippen molar-refractivity contribution in [3.63, 3.8) is 0 Å². The topological polar surface area (TPSA) is 154 Å². The van der Waals surface area contributed by atoms with E-state index in [1.54, 1.807) is 0 Å². The standard InChI is InChI=1S/C43H84O15/c1-3-5-7-9-10-11-12-13-15-17-43(45)58-41-39-56-37-35-54-33-31-52-29-27-50-25-23-48-21-19-46-18-20-47-22-24-49-26-28-51-30-32-53-34-36-55-38-40-57-42(44)16-14-8-6-4-2/h3-41H2,1-2H3. The molecular formula is C43H84O15. The Hall–Kier alpha value is -1.50. The highest BCUT2D eigenvalue weighted by atomic mass is 16.6. The summed E-state index contributed by atoms with van der Waals surface area (Å²) in [7, 11) is 0. The lowest BCUT2D eigenvalue weighted by molar-refractivity contribution is -0.146. The monoisotopic (exact) mass is 841 g/mol. The highest BCUT2D eigenvalue weighted by molar-refractivity contribution is 5.69. The van der Waals surface area contributed by atoms with E-state index < -0.39 is 0 Å². The van der Waals surface area contributed by atoms with Crippen molar-refractivity contribution in [2.24, 2.45) is 0 Å². The second-order valence-corrected chi connectivity index (χ2v) is 13.6. The number of unbranched alkanes of at least 4 members (excludes halogenated alkanes) is 11. The lowest BCUT2D eigenvalue weighted by Crippen LogP contribution is -2.16. The molecule has 0 saturated carbocycles. The minimum atomic E-state index is -0.155. The summed E-state index contributed by atoms with van der Waals surface area (Å²) in [5.41, 5.74) is 0. The molecule has 0 spiro atoms. The summed E-state index contributed by atoms with van der Waals surface area (Å²) in [6.07, 6.45) is 16.3. The fraction of sp³-hybridized carbons (Fsp3) is 0.953. The van der Waals surface area contributed by atoms with Gasteiger partial charge in [-0.3, -0.25) is 9.59 Å². The van der Waals surface area contributed by atoms with Crippen molar-refractivity contribution >= 4 is 11.9 Å². The maximum Gasteiger partial charge on any atom is 0.305 e. The molecule has 0 atom stereocenters. The minimum Gasteiger partial charge on any atom is -0.463 e. The zero-order chi connectivity index (χ0) is 41.9. The zero-order valence-electron chi connectivity index (χ0n) is 36.7. The molecule has 0 bridgehead atoms. The molecule has 0 aliphatic carbocycles. The molecule has 0 unspecified atom stereocenters. The highest BCUT2D eigenvalue weighted by Crippen LogP contribution is 2.11. The first-order valence-corrected chi connectivity index (χ1v) is 22.4. The molecule has 0 aliphatic heterocycles. The number of hydrogen-bond acceptors (Lipinski definition) is 15. The highest BCUT2D eigenvalue weighted by Gasteiger charge is 2.04. The third-order valence-corrected chi connectivity index (χ3v) is 8.42. The van der Waals surface area contributed by atoms with Crippen LogP contribution in [0.3, 0.4) is 0 Å². The van der Waals surface area contributed by atoms with Crippen LogP contribution in [0, 0.1) is 0 Å². The van der Waals surface area contributed by atoms with E-state index in [1.165, 1.54) is 44.9 Å². The minimum absolute atomic E-state index is 0.140. The van der Waals surface area contributed by atoms with Crippen molar-refractivity contribution < 1.29 is 71.2 Å². The Bertz CT molecular complexity index is 808. The van der Waals surface area contributed by atoms with Gasteiger partial charge in [-0.1, -0.05) is 84.5 Å². The molecule has 15 heteroatoms. The molecule has 0 heterocycles. The number of ether oxygens (including phenoxy) is 13. The molecule has 0 aromatic rings. The molecule has 0 aromatic carbocycles. The molecule has 58 heavy (non-hydrogen) atoms. The van der Waals surface area contributed by atoms with Crippen LogP contribution in [0.2, 0.25) is 0 Å². The Morgan fingerprint density at radius 1 is 0.241 bits per heavy atom. The molecule has 0 aromatic heterocycles. The summed E-state index contributed by atoms with van der Waals surface area (Å²) >= 11 is 0. The van der Waals surface area contributed by atoms with Gasteiger partial charge in [0.25, 0.3) is 0 Å². The summed E-state index contributed by atoms with van der Waals surface area (Å²) in [6, 6.07) is 0. The van der Waals surface area contributed by atoms with E-state index in [0.29, 0.717) is 158 Å². The van der Waals surface area contributed by atoms with Crippen LogP contribution in [0.5, 0.6) is 0 Å². The molecule has 346 valence electrons. The van der Waals surface area contributed by atoms with Crippen LogP contribution in [0.1, 0.15) is 110 Å². The Balaban J connectivity index is 3.13.